The van der Waals surface area contributed by atoms with Gasteiger partial charge in [-0.05, 0) is 19.4 Å². The standard InChI is InChI=1S/C16H15N3O3/c1-3-22-15(21)12-9-17-16-18-13(10(2)19(16)14(12)20)11-7-5-4-6-8-11/h4-9H,3H2,1-2H3,(H,17,18). The second-order valence-electron chi connectivity index (χ2n) is 4.81. The number of H-pyrrole nitrogens is 1. The summed E-state index contributed by atoms with van der Waals surface area (Å²) in [6.07, 6.45) is 1.25. The van der Waals surface area contributed by atoms with Gasteiger partial charge < -0.3 is 9.72 Å². The van der Waals surface area contributed by atoms with Crippen molar-refractivity contribution in [3.63, 3.8) is 0 Å². The van der Waals surface area contributed by atoms with E-state index in [1.807, 2.05) is 37.3 Å². The van der Waals surface area contributed by atoms with E-state index in [9.17, 15) is 9.59 Å². The van der Waals surface area contributed by atoms with Gasteiger partial charge in [0.15, 0.2) is 0 Å². The van der Waals surface area contributed by atoms with Gasteiger partial charge in [0, 0.05) is 0 Å². The fraction of sp³-hybridized carbons (Fsp3) is 0.188. The molecule has 0 radical (unpaired) electrons. The Morgan fingerprint density at radius 2 is 2.05 bits per heavy atom. The fourth-order valence-corrected chi connectivity index (χ4v) is 2.40. The molecule has 0 saturated heterocycles. The predicted molar refractivity (Wildman–Crippen MR) is 81.9 cm³/mol. The molecular formula is C16H15N3O3. The number of hydrogen-bond donors (Lipinski definition) is 1. The Kier molecular flexibility index (Phi) is 3.50. The monoisotopic (exact) mass is 297 g/mol. The Balaban J connectivity index is 2.22. The van der Waals surface area contributed by atoms with Crippen LogP contribution < -0.4 is 5.56 Å². The molecule has 0 atom stereocenters. The van der Waals surface area contributed by atoms with E-state index in [0.29, 0.717) is 11.5 Å². The zero-order valence-corrected chi connectivity index (χ0v) is 12.3. The topological polar surface area (TPSA) is 76.5 Å². The number of aryl methyl sites for hydroxylation is 1. The van der Waals surface area contributed by atoms with E-state index in [-0.39, 0.29) is 12.2 Å². The smallest absolute Gasteiger partial charge is 0.345 e. The summed E-state index contributed by atoms with van der Waals surface area (Å²) < 4.78 is 6.28. The lowest BCUT2D eigenvalue weighted by Gasteiger charge is -2.02. The molecule has 6 nitrogen and oxygen atoms in total. The number of rotatable bonds is 3. The Morgan fingerprint density at radius 3 is 2.73 bits per heavy atom. The van der Waals surface area contributed by atoms with Crippen molar-refractivity contribution >= 4 is 11.7 Å². The average molecular weight is 297 g/mol. The van der Waals surface area contributed by atoms with Crippen LogP contribution in [-0.2, 0) is 4.74 Å². The number of imidazole rings is 1. The normalized spacial score (nSPS) is 10.8. The summed E-state index contributed by atoms with van der Waals surface area (Å²) in [5, 5.41) is 0. The highest BCUT2D eigenvalue weighted by Gasteiger charge is 2.18. The van der Waals surface area contributed by atoms with Crippen molar-refractivity contribution in [3.05, 3.63) is 58.1 Å². The van der Waals surface area contributed by atoms with Gasteiger partial charge in [0.25, 0.3) is 5.56 Å². The first-order chi connectivity index (χ1) is 10.6. The van der Waals surface area contributed by atoms with Gasteiger partial charge in [-0.15, -0.1) is 0 Å². The minimum absolute atomic E-state index is 0.0685. The molecular weight excluding hydrogens is 282 g/mol. The maximum atomic E-state index is 12.5. The zero-order chi connectivity index (χ0) is 15.7. The number of hydrogen-bond acceptors (Lipinski definition) is 4. The van der Waals surface area contributed by atoms with Crippen molar-refractivity contribution in [3.8, 4) is 11.3 Å². The molecule has 0 aliphatic heterocycles. The van der Waals surface area contributed by atoms with Crippen LogP contribution in [-0.4, -0.2) is 26.9 Å². The largest absolute Gasteiger partial charge is 0.462 e. The Labute approximate surface area is 126 Å². The predicted octanol–water partition coefficient (Wildman–Crippen LogP) is 2.17. The van der Waals surface area contributed by atoms with E-state index in [1.165, 1.54) is 10.6 Å². The first-order valence-corrected chi connectivity index (χ1v) is 6.96. The molecule has 1 N–H and O–H groups in total. The van der Waals surface area contributed by atoms with E-state index in [1.54, 1.807) is 6.92 Å². The van der Waals surface area contributed by atoms with Crippen LogP contribution in [0.4, 0.5) is 0 Å². The number of nitrogens with one attached hydrogen (secondary N) is 1. The maximum Gasteiger partial charge on any atom is 0.345 e. The van der Waals surface area contributed by atoms with Crippen molar-refractivity contribution in [1.82, 2.24) is 14.4 Å². The maximum absolute atomic E-state index is 12.5. The molecule has 0 unspecified atom stereocenters. The fourth-order valence-electron chi connectivity index (χ4n) is 2.40. The van der Waals surface area contributed by atoms with Gasteiger partial charge in [0.1, 0.15) is 5.56 Å². The van der Waals surface area contributed by atoms with Crippen LogP contribution in [0.2, 0.25) is 0 Å². The summed E-state index contributed by atoms with van der Waals surface area (Å²) in [6.45, 7) is 3.71. The second-order valence-corrected chi connectivity index (χ2v) is 4.81. The van der Waals surface area contributed by atoms with Gasteiger partial charge >= 0.3 is 5.97 Å². The van der Waals surface area contributed by atoms with Crippen LogP contribution in [0, 0.1) is 6.92 Å². The van der Waals surface area contributed by atoms with Gasteiger partial charge in [-0.3, -0.25) is 4.79 Å². The van der Waals surface area contributed by atoms with E-state index < -0.39 is 11.5 Å². The molecule has 0 saturated carbocycles. The molecule has 1 aromatic carbocycles. The number of nitrogens with zero attached hydrogens (tertiary/aromatic N) is 2. The van der Waals surface area contributed by atoms with Crippen LogP contribution >= 0.6 is 0 Å². The third kappa shape index (κ3) is 2.18. The first kappa shape index (κ1) is 14.1. The minimum atomic E-state index is -0.656. The van der Waals surface area contributed by atoms with Gasteiger partial charge in [-0.25, -0.2) is 14.2 Å². The molecule has 0 aliphatic carbocycles. The van der Waals surface area contributed by atoms with Crippen LogP contribution in [0.1, 0.15) is 23.0 Å². The molecule has 0 aliphatic rings. The van der Waals surface area contributed by atoms with Crippen LogP contribution in [0.5, 0.6) is 0 Å². The Bertz CT molecular complexity index is 894. The molecule has 2 heterocycles. The second kappa shape index (κ2) is 5.48. The summed E-state index contributed by atoms with van der Waals surface area (Å²) in [5.74, 6) is -0.259. The molecule has 22 heavy (non-hydrogen) atoms. The highest BCUT2D eigenvalue weighted by molar-refractivity contribution is 5.88. The number of aromatic nitrogens is 3. The Hall–Kier alpha value is -2.89. The molecule has 3 rings (SSSR count). The number of ether oxygens (including phenoxy) is 1. The molecule has 0 spiro atoms. The highest BCUT2D eigenvalue weighted by atomic mass is 16.5. The van der Waals surface area contributed by atoms with Gasteiger partial charge in [0.2, 0.25) is 5.78 Å². The number of carbonyl (C=O) groups excluding carboxylic acids is 1. The van der Waals surface area contributed by atoms with E-state index in [0.717, 1.165) is 11.3 Å². The van der Waals surface area contributed by atoms with Crippen LogP contribution in [0.3, 0.4) is 0 Å². The lowest BCUT2D eigenvalue weighted by molar-refractivity contribution is 0.0523. The lowest BCUT2D eigenvalue weighted by Crippen LogP contribution is -2.24. The van der Waals surface area contributed by atoms with E-state index in [2.05, 4.69) is 9.97 Å². The summed E-state index contributed by atoms with van der Waals surface area (Å²) in [4.78, 5) is 31.6. The minimum Gasteiger partial charge on any atom is -0.462 e. The summed E-state index contributed by atoms with van der Waals surface area (Å²) >= 11 is 0. The molecule has 6 heteroatoms. The SMILES string of the molecule is CCOC(=O)c1cnc2[nH]c(-c3ccccc3)c(C)n2c1=O. The third-order valence-electron chi connectivity index (χ3n) is 3.45. The summed E-state index contributed by atoms with van der Waals surface area (Å²) in [7, 11) is 0. The molecule has 3 aromatic rings. The van der Waals surface area contributed by atoms with E-state index >= 15 is 0 Å². The van der Waals surface area contributed by atoms with Crippen LogP contribution in [0.15, 0.2) is 41.3 Å². The lowest BCUT2D eigenvalue weighted by atomic mass is 10.1. The van der Waals surface area contributed by atoms with Crippen molar-refractivity contribution in [2.75, 3.05) is 6.61 Å². The number of fused-ring (bicyclic) bond motifs is 1. The van der Waals surface area contributed by atoms with E-state index in [4.69, 9.17) is 4.74 Å². The van der Waals surface area contributed by atoms with Crippen molar-refractivity contribution < 1.29 is 9.53 Å². The van der Waals surface area contributed by atoms with Crippen molar-refractivity contribution in [2.45, 2.75) is 13.8 Å². The van der Waals surface area contributed by atoms with Gasteiger partial charge in [0.05, 0.1) is 24.2 Å². The number of benzene rings is 1. The molecule has 112 valence electrons. The number of aromatic amines is 1. The molecule has 0 fully saturated rings. The van der Waals surface area contributed by atoms with Gasteiger partial charge in [-0.1, -0.05) is 30.3 Å². The zero-order valence-electron chi connectivity index (χ0n) is 12.3. The highest BCUT2D eigenvalue weighted by Crippen LogP contribution is 2.21. The number of esters is 1. The van der Waals surface area contributed by atoms with Crippen LogP contribution in [0.25, 0.3) is 17.0 Å². The molecule has 2 aromatic heterocycles. The average Bonchev–Trinajstić information content (AvgIpc) is 2.86. The summed E-state index contributed by atoms with van der Waals surface area (Å²) in [6, 6.07) is 9.63. The molecule has 0 amide bonds. The van der Waals surface area contributed by atoms with Crippen molar-refractivity contribution in [1.29, 1.82) is 0 Å². The van der Waals surface area contributed by atoms with Gasteiger partial charge in [-0.2, -0.15) is 0 Å². The molecule has 0 bridgehead atoms. The Morgan fingerprint density at radius 1 is 1.32 bits per heavy atom. The summed E-state index contributed by atoms with van der Waals surface area (Å²) in [5.41, 5.74) is 1.94. The first-order valence-electron chi connectivity index (χ1n) is 6.96. The number of carbonyl (C=O) groups is 1. The quantitative estimate of drug-likeness (QED) is 0.752. The van der Waals surface area contributed by atoms with Crippen molar-refractivity contribution in [2.24, 2.45) is 0 Å². The third-order valence-corrected chi connectivity index (χ3v) is 3.45.